The Morgan fingerprint density at radius 2 is 1.72 bits per heavy atom. The van der Waals surface area contributed by atoms with Crippen molar-refractivity contribution in [1.29, 1.82) is 0 Å². The van der Waals surface area contributed by atoms with E-state index in [1.807, 2.05) is 0 Å². The van der Waals surface area contributed by atoms with Gasteiger partial charge < -0.3 is 14.2 Å². The summed E-state index contributed by atoms with van der Waals surface area (Å²) >= 11 is 0. The first-order valence-corrected chi connectivity index (χ1v) is 6.44. The second-order valence-electron chi connectivity index (χ2n) is 4.82. The van der Waals surface area contributed by atoms with Crippen molar-refractivity contribution in [3.8, 4) is 5.75 Å². The second kappa shape index (κ2) is 5.12. The molecule has 18 heavy (non-hydrogen) atoms. The molecule has 2 saturated heterocycles. The zero-order chi connectivity index (χ0) is 12.4. The number of ether oxygens (including phenoxy) is 3. The van der Waals surface area contributed by atoms with Crippen molar-refractivity contribution in [2.75, 3.05) is 19.8 Å². The van der Waals surface area contributed by atoms with E-state index in [1.54, 1.807) is 6.08 Å². The number of para-hydroxylation sites is 1. The minimum atomic E-state index is 0.378. The van der Waals surface area contributed by atoms with Crippen molar-refractivity contribution in [1.82, 2.24) is 0 Å². The Bertz CT molecular complexity index is 401. The number of benzene rings is 1. The van der Waals surface area contributed by atoms with Gasteiger partial charge in [-0.1, -0.05) is 30.9 Å². The van der Waals surface area contributed by atoms with Crippen LogP contribution in [-0.2, 0) is 22.3 Å². The fraction of sp³-hybridized carbons (Fsp3) is 0.467. The van der Waals surface area contributed by atoms with Crippen LogP contribution in [0, 0.1) is 0 Å². The van der Waals surface area contributed by atoms with E-state index >= 15 is 0 Å². The minimum absolute atomic E-state index is 0.378. The number of hydrogen-bond acceptors (Lipinski definition) is 3. The van der Waals surface area contributed by atoms with Crippen molar-refractivity contribution in [2.45, 2.75) is 25.0 Å². The van der Waals surface area contributed by atoms with Gasteiger partial charge in [-0.15, -0.1) is 0 Å². The first-order chi connectivity index (χ1) is 8.86. The maximum absolute atomic E-state index is 5.85. The fourth-order valence-electron chi connectivity index (χ4n) is 2.15. The van der Waals surface area contributed by atoms with Gasteiger partial charge in [-0.05, 0) is 11.1 Å². The van der Waals surface area contributed by atoms with Gasteiger partial charge in [0.25, 0.3) is 0 Å². The summed E-state index contributed by atoms with van der Waals surface area (Å²) in [6.45, 7) is 5.99. The average Bonchev–Trinajstić information content (AvgIpc) is 3.23. The highest BCUT2D eigenvalue weighted by Gasteiger charge is 2.27. The van der Waals surface area contributed by atoms with Crippen LogP contribution in [0.2, 0.25) is 0 Å². The largest absolute Gasteiger partial charge is 0.489 e. The van der Waals surface area contributed by atoms with Crippen molar-refractivity contribution >= 4 is 0 Å². The topological polar surface area (TPSA) is 34.3 Å². The van der Waals surface area contributed by atoms with Gasteiger partial charge in [0.1, 0.15) is 12.4 Å². The summed E-state index contributed by atoms with van der Waals surface area (Å²) in [7, 11) is 0. The molecule has 0 spiro atoms. The molecular weight excluding hydrogens is 228 g/mol. The second-order valence-corrected chi connectivity index (χ2v) is 4.82. The molecule has 0 N–H and O–H groups in total. The Balaban J connectivity index is 1.81. The zero-order valence-corrected chi connectivity index (χ0v) is 10.4. The molecule has 3 rings (SSSR count). The third kappa shape index (κ3) is 2.92. The summed E-state index contributed by atoms with van der Waals surface area (Å²) in [5.74, 6) is 1.00. The first kappa shape index (κ1) is 11.8. The Kier molecular flexibility index (Phi) is 3.35. The zero-order valence-electron chi connectivity index (χ0n) is 10.4. The summed E-state index contributed by atoms with van der Waals surface area (Å²) in [4.78, 5) is 0. The van der Waals surface area contributed by atoms with Gasteiger partial charge >= 0.3 is 0 Å². The Labute approximate surface area is 107 Å². The van der Waals surface area contributed by atoms with Crippen LogP contribution in [0.15, 0.2) is 30.9 Å². The van der Waals surface area contributed by atoms with Crippen LogP contribution < -0.4 is 4.74 Å². The third-order valence-electron chi connectivity index (χ3n) is 3.22. The fourth-order valence-corrected chi connectivity index (χ4v) is 2.15. The monoisotopic (exact) mass is 246 g/mol. The van der Waals surface area contributed by atoms with E-state index in [-0.39, 0.29) is 0 Å². The predicted octanol–water partition coefficient (Wildman–Crippen LogP) is 2.13. The molecular formula is C15H18O3. The van der Waals surface area contributed by atoms with Crippen LogP contribution in [0.25, 0.3) is 0 Å². The molecule has 0 amide bonds. The van der Waals surface area contributed by atoms with Crippen LogP contribution >= 0.6 is 0 Å². The number of hydrogen-bond donors (Lipinski definition) is 0. The predicted molar refractivity (Wildman–Crippen MR) is 69.0 cm³/mol. The van der Waals surface area contributed by atoms with E-state index < -0.39 is 0 Å². The van der Waals surface area contributed by atoms with Gasteiger partial charge in [0, 0.05) is 12.8 Å². The Morgan fingerprint density at radius 1 is 1.17 bits per heavy atom. The molecule has 0 aliphatic carbocycles. The molecule has 1 aromatic rings. The summed E-state index contributed by atoms with van der Waals surface area (Å²) in [6.07, 6.45) is 4.41. The van der Waals surface area contributed by atoms with Crippen LogP contribution in [-0.4, -0.2) is 32.0 Å². The van der Waals surface area contributed by atoms with Crippen molar-refractivity contribution in [3.05, 3.63) is 42.0 Å². The smallest absolute Gasteiger partial charge is 0.126 e. The highest BCUT2D eigenvalue weighted by Crippen LogP contribution is 2.31. The molecule has 2 aliphatic heterocycles. The van der Waals surface area contributed by atoms with E-state index in [0.717, 1.165) is 31.8 Å². The number of epoxide rings is 2. The summed E-state index contributed by atoms with van der Waals surface area (Å²) in [5, 5.41) is 0. The molecule has 0 saturated carbocycles. The van der Waals surface area contributed by atoms with E-state index in [0.29, 0.717) is 18.8 Å². The summed E-state index contributed by atoms with van der Waals surface area (Å²) < 4.78 is 16.5. The van der Waals surface area contributed by atoms with Crippen molar-refractivity contribution in [3.63, 3.8) is 0 Å². The van der Waals surface area contributed by atoms with Gasteiger partial charge in [-0.2, -0.15) is 0 Å². The molecule has 2 fully saturated rings. The van der Waals surface area contributed by atoms with E-state index in [2.05, 4.69) is 24.8 Å². The first-order valence-electron chi connectivity index (χ1n) is 6.44. The molecule has 3 heteroatoms. The molecule has 96 valence electrons. The van der Waals surface area contributed by atoms with Crippen LogP contribution in [0.5, 0.6) is 5.75 Å². The summed E-state index contributed by atoms with van der Waals surface area (Å²) in [5.41, 5.74) is 2.47. The van der Waals surface area contributed by atoms with Crippen LogP contribution in [0.3, 0.4) is 0 Å². The normalized spacial score (nSPS) is 24.7. The van der Waals surface area contributed by atoms with E-state index in [1.165, 1.54) is 11.1 Å². The molecule has 1 unspecified atom stereocenters. The lowest BCUT2D eigenvalue weighted by atomic mass is 10.0. The van der Waals surface area contributed by atoms with Gasteiger partial charge in [-0.25, -0.2) is 0 Å². The molecule has 3 nitrogen and oxygen atoms in total. The molecule has 2 atom stereocenters. The lowest BCUT2D eigenvalue weighted by molar-refractivity contribution is 0.346. The highest BCUT2D eigenvalue weighted by molar-refractivity contribution is 5.43. The maximum Gasteiger partial charge on any atom is 0.126 e. The molecule has 0 radical (unpaired) electrons. The SMILES string of the molecule is C=CCOc1c(CC2CO2)cccc1C[C@@H]1CO1. The molecule has 2 heterocycles. The lowest BCUT2D eigenvalue weighted by Crippen LogP contribution is -2.05. The minimum Gasteiger partial charge on any atom is -0.489 e. The average molecular weight is 246 g/mol. The maximum atomic E-state index is 5.85. The van der Waals surface area contributed by atoms with E-state index in [9.17, 15) is 0 Å². The standard InChI is InChI=1S/C15H18O3/c1-2-6-16-15-11(7-13-9-17-13)4-3-5-12(15)8-14-10-18-14/h2-5,13-14H,1,6-10H2/t13-,14?/m1/s1. The van der Waals surface area contributed by atoms with Crippen molar-refractivity contribution in [2.24, 2.45) is 0 Å². The quantitative estimate of drug-likeness (QED) is 0.546. The number of rotatable bonds is 7. The van der Waals surface area contributed by atoms with Gasteiger partial charge in [0.15, 0.2) is 0 Å². The Hall–Kier alpha value is -1.32. The molecule has 0 aromatic heterocycles. The molecule has 2 aliphatic rings. The van der Waals surface area contributed by atoms with Crippen LogP contribution in [0.1, 0.15) is 11.1 Å². The van der Waals surface area contributed by atoms with Gasteiger partial charge in [-0.3, -0.25) is 0 Å². The van der Waals surface area contributed by atoms with Crippen LogP contribution in [0.4, 0.5) is 0 Å². The molecule has 1 aromatic carbocycles. The highest BCUT2D eigenvalue weighted by atomic mass is 16.6. The molecule has 0 bridgehead atoms. The Morgan fingerprint density at radius 3 is 2.17 bits per heavy atom. The van der Waals surface area contributed by atoms with E-state index in [4.69, 9.17) is 14.2 Å². The lowest BCUT2D eigenvalue weighted by Gasteiger charge is -2.14. The van der Waals surface area contributed by atoms with Gasteiger partial charge in [0.05, 0.1) is 25.4 Å². The van der Waals surface area contributed by atoms with Crippen molar-refractivity contribution < 1.29 is 14.2 Å². The third-order valence-corrected chi connectivity index (χ3v) is 3.22. The van der Waals surface area contributed by atoms with Gasteiger partial charge in [0.2, 0.25) is 0 Å². The summed E-state index contributed by atoms with van der Waals surface area (Å²) in [6, 6.07) is 6.34.